The molecule has 1 aromatic heterocycles. The van der Waals surface area contributed by atoms with Gasteiger partial charge in [0, 0.05) is 36.4 Å². The Morgan fingerprint density at radius 3 is 2.55 bits per heavy atom. The number of aryl methyl sites for hydroxylation is 1. The van der Waals surface area contributed by atoms with Crippen molar-refractivity contribution in [1.82, 2.24) is 14.6 Å². The van der Waals surface area contributed by atoms with Crippen LogP contribution in [0, 0.1) is 6.92 Å². The Hall–Kier alpha value is -2.78. The molecular formula is C31H42ClN4O3S+. The average molecular weight is 586 g/mol. The maximum absolute atomic E-state index is 14.1. The Kier molecular flexibility index (Phi) is 10.9. The normalized spacial score (nSPS) is 12.9. The Morgan fingerprint density at radius 2 is 1.85 bits per heavy atom. The van der Waals surface area contributed by atoms with Crippen LogP contribution in [0.3, 0.4) is 0 Å². The van der Waals surface area contributed by atoms with Gasteiger partial charge in [0.1, 0.15) is 0 Å². The zero-order valence-corrected chi connectivity index (χ0v) is 26.0. The molecule has 9 heteroatoms. The summed E-state index contributed by atoms with van der Waals surface area (Å²) in [4.78, 5) is 17.0. The van der Waals surface area contributed by atoms with Crippen molar-refractivity contribution in [2.45, 2.75) is 51.0 Å². The molecule has 0 saturated carbocycles. The van der Waals surface area contributed by atoms with Crippen LogP contribution < -0.4 is 5.32 Å². The third-order valence-corrected chi connectivity index (χ3v) is 9.61. The number of nitrogens with zero attached hydrogens (tertiary/aromatic N) is 3. The SMILES string of the molecule is CCc1cnccc1-c1cccc([C@H](C)N(CCCC(=O)NCC[N+](C)(C)C)S(=O)(=O)c2cccc(Cl)c2C)c1. The highest BCUT2D eigenvalue weighted by Crippen LogP contribution is 2.33. The molecule has 0 bridgehead atoms. The number of quaternary nitrogens is 1. The fourth-order valence-corrected chi connectivity index (χ4v) is 6.79. The third-order valence-electron chi connectivity index (χ3n) is 7.09. The van der Waals surface area contributed by atoms with Gasteiger partial charge in [-0.3, -0.25) is 9.78 Å². The third kappa shape index (κ3) is 8.13. The summed E-state index contributed by atoms with van der Waals surface area (Å²) in [5, 5.41) is 3.35. The second kappa shape index (κ2) is 13.7. The first kappa shape index (κ1) is 31.7. The average Bonchev–Trinajstić information content (AvgIpc) is 2.91. The van der Waals surface area contributed by atoms with Gasteiger partial charge in [-0.2, -0.15) is 4.31 Å². The van der Waals surface area contributed by atoms with Crippen LogP contribution >= 0.6 is 11.6 Å². The second-order valence-corrected chi connectivity index (χ2v) is 13.4. The molecule has 0 aliphatic rings. The molecule has 1 amide bonds. The number of amides is 1. The van der Waals surface area contributed by atoms with Gasteiger partial charge >= 0.3 is 0 Å². The number of benzene rings is 2. The number of aromatic nitrogens is 1. The standard InChI is InChI=1S/C31H41ClN4O3S/c1-7-25-22-33-17-16-28(25)27-12-8-11-26(21-27)24(3)35(19-10-15-31(37)34-18-20-36(4,5)6)40(38,39)30-14-9-13-29(32)23(30)2/h8-9,11-14,16-17,21-22,24H,7,10,15,18-20H2,1-6H3/p+1/t24-/m0/s1. The highest BCUT2D eigenvalue weighted by molar-refractivity contribution is 7.89. The molecule has 2 aromatic carbocycles. The predicted octanol–water partition coefficient (Wildman–Crippen LogP) is 5.63. The van der Waals surface area contributed by atoms with Crippen molar-refractivity contribution in [3.05, 3.63) is 82.6 Å². The van der Waals surface area contributed by atoms with E-state index >= 15 is 0 Å². The number of rotatable bonds is 13. The fraction of sp³-hybridized carbons (Fsp3) is 0.419. The molecule has 7 nitrogen and oxygen atoms in total. The van der Waals surface area contributed by atoms with Gasteiger partial charge in [-0.25, -0.2) is 8.42 Å². The Balaban J connectivity index is 1.90. The maximum Gasteiger partial charge on any atom is 0.243 e. The first-order valence-corrected chi connectivity index (χ1v) is 15.5. The molecule has 1 N–H and O–H groups in total. The number of halogens is 1. The lowest BCUT2D eigenvalue weighted by Crippen LogP contribution is -2.42. The Labute approximate surface area is 244 Å². The van der Waals surface area contributed by atoms with Crippen molar-refractivity contribution in [2.24, 2.45) is 0 Å². The van der Waals surface area contributed by atoms with Crippen LogP contribution in [0.1, 0.15) is 49.4 Å². The van der Waals surface area contributed by atoms with Crippen LogP contribution in [0.25, 0.3) is 11.1 Å². The molecule has 0 fully saturated rings. The first-order valence-electron chi connectivity index (χ1n) is 13.7. The summed E-state index contributed by atoms with van der Waals surface area (Å²) in [6.45, 7) is 7.28. The van der Waals surface area contributed by atoms with E-state index in [1.807, 2.05) is 43.5 Å². The van der Waals surface area contributed by atoms with Gasteiger partial charge in [0.25, 0.3) is 0 Å². The topological polar surface area (TPSA) is 79.4 Å². The summed E-state index contributed by atoms with van der Waals surface area (Å²) < 4.78 is 30.4. The molecule has 3 rings (SSSR count). The minimum absolute atomic E-state index is 0.0795. The van der Waals surface area contributed by atoms with Crippen LogP contribution in [-0.4, -0.2) is 68.9 Å². The van der Waals surface area contributed by atoms with Crippen molar-refractivity contribution in [3.8, 4) is 11.1 Å². The molecular weight excluding hydrogens is 544 g/mol. The number of hydrogen-bond donors (Lipinski definition) is 1. The number of sulfonamides is 1. The van der Waals surface area contributed by atoms with Crippen molar-refractivity contribution in [1.29, 1.82) is 0 Å². The number of carbonyl (C=O) groups excluding carboxylic acids is 1. The van der Waals surface area contributed by atoms with Crippen LogP contribution in [0.15, 0.2) is 65.8 Å². The van der Waals surface area contributed by atoms with Crippen LogP contribution in [0.4, 0.5) is 0 Å². The monoisotopic (exact) mass is 585 g/mol. The largest absolute Gasteiger partial charge is 0.350 e. The maximum atomic E-state index is 14.1. The van der Waals surface area contributed by atoms with E-state index in [0.29, 0.717) is 23.6 Å². The highest BCUT2D eigenvalue weighted by Gasteiger charge is 2.31. The molecule has 0 saturated heterocycles. The molecule has 1 atom stereocenters. The minimum Gasteiger partial charge on any atom is -0.350 e. The van der Waals surface area contributed by atoms with Gasteiger partial charge in [-0.05, 0) is 78.8 Å². The second-order valence-electron chi connectivity index (χ2n) is 11.1. The van der Waals surface area contributed by atoms with E-state index < -0.39 is 16.1 Å². The number of hydrogen-bond acceptors (Lipinski definition) is 4. The summed E-state index contributed by atoms with van der Waals surface area (Å²) in [5.41, 5.74) is 4.60. The van der Waals surface area contributed by atoms with E-state index in [9.17, 15) is 13.2 Å². The van der Waals surface area contributed by atoms with Gasteiger partial charge < -0.3 is 9.80 Å². The highest BCUT2D eigenvalue weighted by atomic mass is 35.5. The van der Waals surface area contributed by atoms with E-state index in [0.717, 1.165) is 39.7 Å². The van der Waals surface area contributed by atoms with Gasteiger partial charge in [-0.1, -0.05) is 42.8 Å². The number of likely N-dealkylation sites (N-methyl/N-ethyl adjacent to an activating group) is 1. The summed E-state index contributed by atoms with van der Waals surface area (Å²) in [6, 6.07) is 14.4. The van der Waals surface area contributed by atoms with Gasteiger partial charge in [0.15, 0.2) is 0 Å². The molecule has 0 unspecified atom stereocenters. The molecule has 1 heterocycles. The molecule has 0 spiro atoms. The van der Waals surface area contributed by atoms with Gasteiger partial charge in [0.2, 0.25) is 15.9 Å². The van der Waals surface area contributed by atoms with E-state index in [-0.39, 0.29) is 23.8 Å². The fourth-order valence-electron chi connectivity index (χ4n) is 4.65. The van der Waals surface area contributed by atoms with Crippen LogP contribution in [-0.2, 0) is 21.2 Å². The predicted molar refractivity (Wildman–Crippen MR) is 163 cm³/mol. The zero-order chi connectivity index (χ0) is 29.5. The molecule has 216 valence electrons. The van der Waals surface area contributed by atoms with Crippen molar-refractivity contribution in [3.63, 3.8) is 0 Å². The first-order chi connectivity index (χ1) is 18.8. The molecule has 40 heavy (non-hydrogen) atoms. The van der Waals surface area contributed by atoms with E-state index in [1.54, 1.807) is 31.3 Å². The summed E-state index contributed by atoms with van der Waals surface area (Å²) in [5.74, 6) is -0.0795. The van der Waals surface area contributed by atoms with Gasteiger partial charge in [0.05, 0.1) is 39.1 Å². The smallest absolute Gasteiger partial charge is 0.243 e. The molecule has 0 aliphatic heterocycles. The van der Waals surface area contributed by atoms with E-state index in [4.69, 9.17) is 11.6 Å². The Morgan fingerprint density at radius 1 is 1.12 bits per heavy atom. The van der Waals surface area contributed by atoms with Crippen LogP contribution in [0.5, 0.6) is 0 Å². The minimum atomic E-state index is -3.92. The number of carbonyl (C=O) groups is 1. The zero-order valence-electron chi connectivity index (χ0n) is 24.4. The molecule has 0 aliphatic carbocycles. The summed E-state index contributed by atoms with van der Waals surface area (Å²) >= 11 is 6.32. The molecule has 3 aromatic rings. The number of pyridine rings is 1. The summed E-state index contributed by atoms with van der Waals surface area (Å²) in [7, 11) is 2.29. The van der Waals surface area contributed by atoms with Crippen LogP contribution in [0.2, 0.25) is 5.02 Å². The lowest BCUT2D eigenvalue weighted by molar-refractivity contribution is -0.869. The quantitative estimate of drug-likeness (QED) is 0.264. The van der Waals surface area contributed by atoms with Crippen molar-refractivity contribution >= 4 is 27.5 Å². The lowest BCUT2D eigenvalue weighted by Gasteiger charge is -2.30. The van der Waals surface area contributed by atoms with Crippen molar-refractivity contribution < 1.29 is 17.7 Å². The summed E-state index contributed by atoms with van der Waals surface area (Å²) in [6.07, 6.45) is 5.11. The number of nitrogens with one attached hydrogen (secondary N) is 1. The molecule has 0 radical (unpaired) electrons. The lowest BCUT2D eigenvalue weighted by atomic mass is 9.97. The van der Waals surface area contributed by atoms with Crippen molar-refractivity contribution in [2.75, 3.05) is 40.8 Å². The van der Waals surface area contributed by atoms with E-state index in [2.05, 4.69) is 38.4 Å². The van der Waals surface area contributed by atoms with Gasteiger partial charge in [-0.15, -0.1) is 0 Å². The Bertz CT molecular complexity index is 1420. The van der Waals surface area contributed by atoms with E-state index in [1.165, 1.54) is 4.31 Å².